The number of carbonyl (C=O) groups excluding carboxylic acids is 2. The van der Waals surface area contributed by atoms with Crippen molar-refractivity contribution in [2.45, 2.75) is 76.4 Å². The lowest BCUT2D eigenvalue weighted by Crippen LogP contribution is -2.49. The van der Waals surface area contributed by atoms with Gasteiger partial charge in [-0.1, -0.05) is 30.2 Å². The molecule has 0 aliphatic heterocycles. The van der Waals surface area contributed by atoms with Crippen LogP contribution in [0.4, 0.5) is 0 Å². The summed E-state index contributed by atoms with van der Waals surface area (Å²) in [6.45, 7) is 2.02. The molecule has 1 atom stereocenters. The van der Waals surface area contributed by atoms with Crippen molar-refractivity contribution in [3.63, 3.8) is 0 Å². The van der Waals surface area contributed by atoms with Crippen LogP contribution in [0.15, 0.2) is 16.8 Å². The minimum Gasteiger partial charge on any atom is -0.351 e. The Balaban J connectivity index is 1.70. The van der Waals surface area contributed by atoms with E-state index in [1.807, 2.05) is 23.3 Å². The molecule has 2 aromatic heterocycles. The number of amides is 2. The third-order valence-electron chi connectivity index (χ3n) is 5.91. The molecule has 0 saturated heterocycles. The normalized spacial score (nSPS) is 19.0. The van der Waals surface area contributed by atoms with E-state index in [0.717, 1.165) is 61.8 Å². The summed E-state index contributed by atoms with van der Waals surface area (Å²) in [4.78, 5) is 29.7. The number of hydrogen-bond acceptors (Lipinski definition) is 6. The average molecular weight is 419 g/mol. The highest BCUT2D eigenvalue weighted by molar-refractivity contribution is 7.10. The summed E-state index contributed by atoms with van der Waals surface area (Å²) in [7, 11) is 0. The summed E-state index contributed by atoms with van der Waals surface area (Å²) >= 11 is 2.73. The number of nitrogens with one attached hydrogen (secondary N) is 1. The third-order valence-corrected chi connectivity index (χ3v) is 7.49. The molecule has 0 radical (unpaired) electrons. The fraction of sp³-hybridized carbons (Fsp3) is 0.600. The second-order valence-corrected chi connectivity index (χ2v) is 9.36. The van der Waals surface area contributed by atoms with Crippen LogP contribution in [-0.4, -0.2) is 38.4 Å². The third kappa shape index (κ3) is 3.98. The first-order chi connectivity index (χ1) is 13.6. The lowest BCUT2D eigenvalue weighted by atomic mass is 10.0. The van der Waals surface area contributed by atoms with E-state index >= 15 is 0 Å². The van der Waals surface area contributed by atoms with Crippen molar-refractivity contribution < 1.29 is 9.59 Å². The molecule has 0 unspecified atom stereocenters. The van der Waals surface area contributed by atoms with Gasteiger partial charge in [0.2, 0.25) is 5.91 Å². The smallest absolute Gasteiger partial charge is 0.276 e. The van der Waals surface area contributed by atoms with Gasteiger partial charge in [-0.25, -0.2) is 0 Å². The van der Waals surface area contributed by atoms with Gasteiger partial charge in [-0.2, -0.15) is 0 Å². The number of nitrogens with zero attached hydrogens (tertiary/aromatic N) is 3. The molecule has 2 saturated carbocycles. The van der Waals surface area contributed by atoms with Gasteiger partial charge >= 0.3 is 0 Å². The van der Waals surface area contributed by atoms with Crippen LogP contribution in [0.1, 0.15) is 78.3 Å². The highest BCUT2D eigenvalue weighted by atomic mass is 32.1. The van der Waals surface area contributed by atoms with Crippen molar-refractivity contribution in [3.8, 4) is 0 Å². The van der Waals surface area contributed by atoms with E-state index in [1.54, 1.807) is 16.7 Å². The molecule has 28 heavy (non-hydrogen) atoms. The zero-order valence-electron chi connectivity index (χ0n) is 16.1. The number of hydrogen-bond donors (Lipinski definition) is 1. The van der Waals surface area contributed by atoms with E-state index in [0.29, 0.717) is 5.69 Å². The highest BCUT2D eigenvalue weighted by Crippen LogP contribution is 2.36. The van der Waals surface area contributed by atoms with Gasteiger partial charge in [-0.05, 0) is 61.1 Å². The number of thiophene rings is 1. The summed E-state index contributed by atoms with van der Waals surface area (Å²) in [5.74, 6) is -0.235. The predicted octanol–water partition coefficient (Wildman–Crippen LogP) is 4.09. The number of carbonyl (C=O) groups is 2. The van der Waals surface area contributed by atoms with Crippen LogP contribution in [0, 0.1) is 6.92 Å². The highest BCUT2D eigenvalue weighted by Gasteiger charge is 2.40. The molecular formula is C20H26N4O2S2. The van der Waals surface area contributed by atoms with Crippen LogP contribution < -0.4 is 5.32 Å². The van der Waals surface area contributed by atoms with Crippen molar-refractivity contribution in [3.05, 3.63) is 33.0 Å². The van der Waals surface area contributed by atoms with Gasteiger partial charge < -0.3 is 10.2 Å². The molecule has 2 fully saturated rings. The first-order valence-corrected chi connectivity index (χ1v) is 11.8. The van der Waals surface area contributed by atoms with Crippen LogP contribution >= 0.6 is 22.9 Å². The van der Waals surface area contributed by atoms with Gasteiger partial charge in [0.15, 0.2) is 5.69 Å². The molecule has 6 nitrogen and oxygen atoms in total. The molecule has 2 aliphatic carbocycles. The van der Waals surface area contributed by atoms with Crippen LogP contribution in [0.3, 0.4) is 0 Å². The van der Waals surface area contributed by atoms with Crippen LogP contribution in [0.5, 0.6) is 0 Å². The van der Waals surface area contributed by atoms with Crippen LogP contribution in [0.2, 0.25) is 0 Å². The Labute approximate surface area is 173 Å². The second-order valence-electron chi connectivity index (χ2n) is 7.80. The largest absolute Gasteiger partial charge is 0.351 e. The molecule has 0 aromatic carbocycles. The molecule has 4 rings (SSSR count). The molecule has 8 heteroatoms. The number of aromatic nitrogens is 2. The molecule has 0 bridgehead atoms. The Morgan fingerprint density at radius 1 is 1.18 bits per heavy atom. The summed E-state index contributed by atoms with van der Waals surface area (Å²) in [6.07, 6.45) is 8.40. The predicted molar refractivity (Wildman–Crippen MR) is 111 cm³/mol. The average Bonchev–Trinajstić information content (AvgIpc) is 3.47. The molecule has 1 N–H and O–H groups in total. The Morgan fingerprint density at radius 2 is 1.89 bits per heavy atom. The maximum Gasteiger partial charge on any atom is 0.276 e. The molecule has 2 aromatic rings. The van der Waals surface area contributed by atoms with Gasteiger partial charge in [0.25, 0.3) is 5.91 Å². The van der Waals surface area contributed by atoms with E-state index in [-0.39, 0.29) is 23.9 Å². The van der Waals surface area contributed by atoms with Crippen molar-refractivity contribution >= 4 is 34.7 Å². The summed E-state index contributed by atoms with van der Waals surface area (Å²) in [5, 5.41) is 10.9. The Bertz CT molecular complexity index is 808. The van der Waals surface area contributed by atoms with E-state index in [1.165, 1.54) is 11.5 Å². The zero-order valence-corrected chi connectivity index (χ0v) is 17.7. The number of aryl methyl sites for hydroxylation is 1. The van der Waals surface area contributed by atoms with Gasteiger partial charge in [0, 0.05) is 22.3 Å². The topological polar surface area (TPSA) is 75.2 Å². The summed E-state index contributed by atoms with van der Waals surface area (Å²) in [5.41, 5.74) is 1.40. The Kier molecular flexibility index (Phi) is 6.06. The van der Waals surface area contributed by atoms with E-state index in [9.17, 15) is 9.59 Å². The van der Waals surface area contributed by atoms with Gasteiger partial charge in [-0.3, -0.25) is 9.59 Å². The first kappa shape index (κ1) is 19.5. The summed E-state index contributed by atoms with van der Waals surface area (Å²) in [6, 6.07) is 1.71. The standard InChI is InChI=1S/C20H26N4O2S2/c1-13-10-11-27-18(13)17(19(25)21-14-6-2-3-7-14)24(15-8-4-5-9-15)20(26)16-12-28-23-22-16/h10-12,14-15,17H,2-9H2,1H3,(H,21,25)/t17-/m1/s1. The fourth-order valence-electron chi connectivity index (χ4n) is 4.45. The number of rotatable bonds is 6. The quantitative estimate of drug-likeness (QED) is 0.767. The van der Waals surface area contributed by atoms with Crippen molar-refractivity contribution in [1.29, 1.82) is 0 Å². The molecule has 2 heterocycles. The first-order valence-electron chi connectivity index (χ1n) is 10.1. The maximum atomic E-state index is 13.5. The van der Waals surface area contributed by atoms with Gasteiger partial charge in [-0.15, -0.1) is 16.4 Å². The van der Waals surface area contributed by atoms with Crippen LogP contribution in [0.25, 0.3) is 0 Å². The minimum atomic E-state index is -0.599. The monoisotopic (exact) mass is 418 g/mol. The molecule has 150 valence electrons. The molecule has 2 aliphatic rings. The lowest BCUT2D eigenvalue weighted by Gasteiger charge is -2.35. The fourth-order valence-corrected chi connectivity index (χ4v) is 5.91. The summed E-state index contributed by atoms with van der Waals surface area (Å²) < 4.78 is 3.87. The van der Waals surface area contributed by atoms with Gasteiger partial charge in [0.1, 0.15) is 6.04 Å². The molecule has 0 spiro atoms. The Morgan fingerprint density at radius 3 is 2.50 bits per heavy atom. The molecule has 2 amide bonds. The minimum absolute atomic E-state index is 0.0547. The maximum absolute atomic E-state index is 13.5. The van der Waals surface area contributed by atoms with Crippen molar-refractivity contribution in [1.82, 2.24) is 19.8 Å². The Hall–Kier alpha value is -1.80. The zero-order chi connectivity index (χ0) is 19.5. The molecular weight excluding hydrogens is 392 g/mol. The second kappa shape index (κ2) is 8.69. The SMILES string of the molecule is Cc1ccsc1[C@H](C(=O)NC1CCCC1)N(C(=O)c1csnn1)C1CCCC1. The van der Waals surface area contributed by atoms with Gasteiger partial charge in [0.05, 0.1) is 0 Å². The lowest BCUT2D eigenvalue weighted by molar-refractivity contribution is -0.127. The van der Waals surface area contributed by atoms with Crippen molar-refractivity contribution in [2.24, 2.45) is 0 Å². The van der Waals surface area contributed by atoms with E-state index in [2.05, 4.69) is 14.9 Å². The van der Waals surface area contributed by atoms with Crippen molar-refractivity contribution in [2.75, 3.05) is 0 Å². The van der Waals surface area contributed by atoms with E-state index in [4.69, 9.17) is 0 Å². The van der Waals surface area contributed by atoms with Crippen LogP contribution in [-0.2, 0) is 4.79 Å². The van der Waals surface area contributed by atoms with E-state index < -0.39 is 6.04 Å².